The van der Waals surface area contributed by atoms with Gasteiger partial charge in [-0.05, 0) is 48.8 Å². The van der Waals surface area contributed by atoms with Gasteiger partial charge < -0.3 is 4.98 Å². The molecule has 0 aromatic carbocycles. The van der Waals surface area contributed by atoms with Gasteiger partial charge >= 0.3 is 0 Å². The van der Waals surface area contributed by atoms with Gasteiger partial charge in [0.25, 0.3) is 5.56 Å². The van der Waals surface area contributed by atoms with Crippen LogP contribution in [0.25, 0.3) is 18.4 Å². The van der Waals surface area contributed by atoms with Crippen molar-refractivity contribution in [3.05, 3.63) is 38.6 Å². The van der Waals surface area contributed by atoms with Crippen LogP contribution in [0.4, 0.5) is 0 Å². The molecule has 0 fully saturated rings. The number of hydrogen-bond donors (Lipinski definition) is 1. The summed E-state index contributed by atoms with van der Waals surface area (Å²) >= 11 is 0. The number of nitrogens with zero attached hydrogens (tertiary/aromatic N) is 1. The molecule has 0 saturated carbocycles. The third-order valence-electron chi connectivity index (χ3n) is 3.40. The fourth-order valence-corrected chi connectivity index (χ4v) is 2.24. The lowest BCUT2D eigenvalue weighted by Crippen LogP contribution is -2.35. The number of nitrogens with one attached hydrogen (secondary N) is 1. The molecule has 1 N–H and O–H groups in total. The summed E-state index contributed by atoms with van der Waals surface area (Å²) in [5.41, 5.74) is 1.81. The van der Waals surface area contributed by atoms with Crippen molar-refractivity contribution in [2.24, 2.45) is 10.9 Å². The molecule has 94 valence electrons. The molecule has 0 saturated heterocycles. The minimum atomic E-state index is -0.0712. The van der Waals surface area contributed by atoms with E-state index in [0.29, 0.717) is 11.3 Å². The van der Waals surface area contributed by atoms with Gasteiger partial charge in [-0.2, -0.15) is 0 Å². The van der Waals surface area contributed by atoms with Gasteiger partial charge in [-0.1, -0.05) is 19.6 Å². The third-order valence-corrected chi connectivity index (χ3v) is 3.40. The number of aliphatic imine (C=N–C) groups is 1. The first-order valence-electron chi connectivity index (χ1n) is 6.19. The molecule has 18 heavy (non-hydrogen) atoms. The predicted octanol–water partition coefficient (Wildman–Crippen LogP) is 1.43. The summed E-state index contributed by atoms with van der Waals surface area (Å²) in [6.45, 7) is 9.55. The van der Waals surface area contributed by atoms with Crippen LogP contribution < -0.4 is 16.1 Å². The van der Waals surface area contributed by atoms with Crippen molar-refractivity contribution in [3.8, 4) is 0 Å². The first-order chi connectivity index (χ1) is 8.61. The maximum atomic E-state index is 12.0. The van der Waals surface area contributed by atoms with E-state index in [0.717, 1.165) is 35.6 Å². The Morgan fingerprint density at radius 1 is 1.56 bits per heavy atom. The molecule has 0 unspecified atom stereocenters. The lowest BCUT2D eigenvalue weighted by molar-refractivity contribution is 0.533. The van der Waals surface area contributed by atoms with Crippen molar-refractivity contribution < 1.29 is 0 Å². The van der Waals surface area contributed by atoms with Gasteiger partial charge in [0.05, 0.1) is 11.5 Å². The van der Waals surface area contributed by atoms with E-state index in [1.54, 1.807) is 0 Å². The predicted molar refractivity (Wildman–Crippen MR) is 76.8 cm³/mol. The summed E-state index contributed by atoms with van der Waals surface area (Å²) in [5.74, 6) is 0.713. The molecule has 1 heterocycles. The Hall–Kier alpha value is -1.90. The van der Waals surface area contributed by atoms with Gasteiger partial charge in [-0.25, -0.2) is 0 Å². The largest absolute Gasteiger partial charge is 0.320 e. The van der Waals surface area contributed by atoms with Crippen LogP contribution in [0.1, 0.15) is 31.7 Å². The minimum absolute atomic E-state index is 0.0712. The third kappa shape index (κ3) is 2.50. The Morgan fingerprint density at radius 3 is 2.94 bits per heavy atom. The van der Waals surface area contributed by atoms with Gasteiger partial charge in [0, 0.05) is 5.56 Å². The molecule has 0 spiro atoms. The van der Waals surface area contributed by atoms with Crippen LogP contribution in [0.3, 0.4) is 0 Å². The fourth-order valence-electron chi connectivity index (χ4n) is 2.24. The molecule has 0 radical (unpaired) electrons. The number of aromatic nitrogens is 1. The van der Waals surface area contributed by atoms with Crippen LogP contribution in [0.2, 0.25) is 0 Å². The van der Waals surface area contributed by atoms with Gasteiger partial charge in [-0.3, -0.25) is 9.79 Å². The minimum Gasteiger partial charge on any atom is -0.320 e. The summed E-state index contributed by atoms with van der Waals surface area (Å²) in [6, 6.07) is 1.84. The summed E-state index contributed by atoms with van der Waals surface area (Å²) in [6.07, 6.45) is 6.84. The first-order valence-corrected chi connectivity index (χ1v) is 6.19. The standard InChI is InChI=1S/C15H18N2O/c1-10-4-6-12(7-5-10)13-8-11(2)14(9-16-3)17-15(13)18/h6,8-10H,2-5,7H2,1H3,(H,17,18)/b14-9+/t10-/m0/s1. The highest BCUT2D eigenvalue weighted by atomic mass is 16.1. The molecule has 1 aromatic rings. The molecular formula is C15H18N2O. The van der Waals surface area contributed by atoms with Crippen LogP contribution in [-0.2, 0) is 0 Å². The summed E-state index contributed by atoms with van der Waals surface area (Å²) in [7, 11) is 0. The first kappa shape index (κ1) is 12.6. The highest BCUT2D eigenvalue weighted by Gasteiger charge is 2.13. The zero-order valence-electron chi connectivity index (χ0n) is 10.7. The van der Waals surface area contributed by atoms with Crippen LogP contribution in [0.5, 0.6) is 0 Å². The average Bonchev–Trinajstić information content (AvgIpc) is 2.35. The van der Waals surface area contributed by atoms with E-state index in [1.807, 2.05) is 6.07 Å². The molecule has 1 aliphatic rings. The normalized spacial score (nSPS) is 20.6. The number of H-pyrrole nitrogens is 1. The summed E-state index contributed by atoms with van der Waals surface area (Å²) in [5, 5.41) is 1.40. The van der Waals surface area contributed by atoms with Crippen molar-refractivity contribution in [2.75, 3.05) is 0 Å². The second-order valence-electron chi connectivity index (χ2n) is 4.87. The fraction of sp³-hybridized carbons (Fsp3) is 0.333. The lowest BCUT2D eigenvalue weighted by atomic mass is 9.88. The Bertz CT molecular complexity index is 652. The van der Waals surface area contributed by atoms with Crippen LogP contribution in [-0.4, -0.2) is 11.7 Å². The van der Waals surface area contributed by atoms with Gasteiger partial charge in [0.15, 0.2) is 0 Å². The molecular weight excluding hydrogens is 224 g/mol. The Balaban J connectivity index is 2.51. The van der Waals surface area contributed by atoms with Crippen molar-refractivity contribution in [3.63, 3.8) is 0 Å². The lowest BCUT2D eigenvalue weighted by Gasteiger charge is -2.17. The molecule has 2 rings (SSSR count). The second-order valence-corrected chi connectivity index (χ2v) is 4.87. The molecule has 1 atom stereocenters. The van der Waals surface area contributed by atoms with E-state index in [1.165, 1.54) is 6.20 Å². The molecule has 3 nitrogen and oxygen atoms in total. The van der Waals surface area contributed by atoms with Crippen LogP contribution in [0.15, 0.2) is 21.9 Å². The van der Waals surface area contributed by atoms with E-state index < -0.39 is 0 Å². The van der Waals surface area contributed by atoms with E-state index in [4.69, 9.17) is 0 Å². The van der Waals surface area contributed by atoms with Crippen LogP contribution in [0, 0.1) is 5.92 Å². The van der Waals surface area contributed by atoms with E-state index in [9.17, 15) is 4.79 Å². The Morgan fingerprint density at radius 2 is 2.33 bits per heavy atom. The van der Waals surface area contributed by atoms with Crippen molar-refractivity contribution in [1.29, 1.82) is 0 Å². The molecule has 3 heteroatoms. The zero-order chi connectivity index (χ0) is 13.1. The monoisotopic (exact) mass is 242 g/mol. The highest BCUT2D eigenvalue weighted by Crippen LogP contribution is 2.27. The van der Waals surface area contributed by atoms with Crippen molar-refractivity contribution in [1.82, 2.24) is 4.98 Å². The zero-order valence-corrected chi connectivity index (χ0v) is 10.7. The van der Waals surface area contributed by atoms with Crippen LogP contribution >= 0.6 is 0 Å². The quantitative estimate of drug-likeness (QED) is 0.783. The average molecular weight is 242 g/mol. The maximum Gasteiger partial charge on any atom is 0.256 e. The molecule has 0 aliphatic heterocycles. The number of aromatic amines is 1. The molecule has 0 bridgehead atoms. The van der Waals surface area contributed by atoms with Gasteiger partial charge in [0.1, 0.15) is 0 Å². The number of allylic oxidation sites excluding steroid dienone is 2. The van der Waals surface area contributed by atoms with Gasteiger partial charge in [0.2, 0.25) is 0 Å². The van der Waals surface area contributed by atoms with Gasteiger partial charge in [-0.15, -0.1) is 0 Å². The smallest absolute Gasteiger partial charge is 0.256 e. The van der Waals surface area contributed by atoms with E-state index >= 15 is 0 Å². The maximum absolute atomic E-state index is 12.0. The van der Waals surface area contributed by atoms with E-state index in [-0.39, 0.29) is 5.56 Å². The Labute approximate surface area is 106 Å². The number of hydrogen-bond acceptors (Lipinski definition) is 2. The number of pyridine rings is 1. The topological polar surface area (TPSA) is 45.2 Å². The summed E-state index contributed by atoms with van der Waals surface area (Å²) < 4.78 is 0. The van der Waals surface area contributed by atoms with Crippen molar-refractivity contribution in [2.45, 2.75) is 26.2 Å². The summed E-state index contributed by atoms with van der Waals surface area (Å²) in [4.78, 5) is 18.5. The Kier molecular flexibility index (Phi) is 3.60. The highest BCUT2D eigenvalue weighted by molar-refractivity contribution is 5.65. The molecule has 1 aromatic heterocycles. The molecule has 1 aliphatic carbocycles. The number of rotatable bonds is 2. The second kappa shape index (κ2) is 5.17. The van der Waals surface area contributed by atoms with Crippen molar-refractivity contribution >= 4 is 25.1 Å². The SMILES string of the molecule is C=N/C=c1/[nH]c(=O)c(C2=CC[C@H](C)CC2)cc1=C. The van der Waals surface area contributed by atoms with E-state index in [2.05, 4.69) is 36.3 Å². The molecule has 0 amide bonds.